The Morgan fingerprint density at radius 1 is 1.23 bits per heavy atom. The summed E-state index contributed by atoms with van der Waals surface area (Å²) < 4.78 is 11.4. The molecular weight excluding hydrogens is 302 g/mol. The molecule has 0 saturated carbocycles. The van der Waals surface area contributed by atoms with E-state index in [4.69, 9.17) is 21.1 Å². The first-order valence-corrected chi connectivity index (χ1v) is 5.30. The van der Waals surface area contributed by atoms with E-state index in [-0.39, 0.29) is 0 Å². The standard InChI is InChI=1S/C9H10ClIO2/c1-12-8-3-6(5-10)7(11)4-9(8)13-2/h3-4H,5H2,1-2H3. The Hall–Kier alpha value is -0.160. The summed E-state index contributed by atoms with van der Waals surface area (Å²) in [7, 11) is 3.23. The zero-order chi connectivity index (χ0) is 9.84. The van der Waals surface area contributed by atoms with E-state index in [1.807, 2.05) is 12.1 Å². The first-order chi connectivity index (χ1) is 6.22. The van der Waals surface area contributed by atoms with Crippen LogP contribution in [0.1, 0.15) is 5.56 Å². The fourth-order valence-electron chi connectivity index (χ4n) is 0.999. The molecule has 0 amide bonds. The quantitative estimate of drug-likeness (QED) is 0.631. The van der Waals surface area contributed by atoms with E-state index in [2.05, 4.69) is 22.6 Å². The molecule has 4 heteroatoms. The predicted octanol–water partition coefficient (Wildman–Crippen LogP) is 3.05. The number of hydrogen-bond acceptors (Lipinski definition) is 2. The molecule has 0 radical (unpaired) electrons. The Bertz CT molecular complexity index is 302. The van der Waals surface area contributed by atoms with Gasteiger partial charge in [-0.05, 0) is 40.3 Å². The molecule has 0 aliphatic rings. The highest BCUT2D eigenvalue weighted by Gasteiger charge is 2.07. The first-order valence-electron chi connectivity index (χ1n) is 3.69. The van der Waals surface area contributed by atoms with Gasteiger partial charge in [0.05, 0.1) is 14.2 Å². The first kappa shape index (κ1) is 10.9. The largest absolute Gasteiger partial charge is 0.493 e. The van der Waals surface area contributed by atoms with Gasteiger partial charge in [0.2, 0.25) is 0 Å². The summed E-state index contributed by atoms with van der Waals surface area (Å²) >= 11 is 7.98. The van der Waals surface area contributed by atoms with Crippen molar-refractivity contribution in [2.24, 2.45) is 0 Å². The van der Waals surface area contributed by atoms with Crippen molar-refractivity contribution in [3.05, 3.63) is 21.3 Å². The van der Waals surface area contributed by atoms with E-state index in [1.54, 1.807) is 14.2 Å². The zero-order valence-corrected chi connectivity index (χ0v) is 10.3. The molecule has 0 fully saturated rings. The van der Waals surface area contributed by atoms with Gasteiger partial charge in [-0.3, -0.25) is 0 Å². The number of rotatable bonds is 3. The van der Waals surface area contributed by atoms with Crippen LogP contribution in [0.2, 0.25) is 0 Å². The van der Waals surface area contributed by atoms with Gasteiger partial charge in [0, 0.05) is 9.45 Å². The van der Waals surface area contributed by atoms with E-state index in [0.717, 1.165) is 20.6 Å². The van der Waals surface area contributed by atoms with Crippen LogP contribution in [-0.2, 0) is 5.88 Å². The Labute approximate surface area is 96.3 Å². The minimum atomic E-state index is 0.485. The molecule has 0 N–H and O–H groups in total. The summed E-state index contributed by atoms with van der Waals surface area (Å²) in [4.78, 5) is 0. The lowest BCUT2D eigenvalue weighted by Gasteiger charge is -2.10. The van der Waals surface area contributed by atoms with Crippen LogP contribution in [0, 0.1) is 3.57 Å². The maximum absolute atomic E-state index is 5.76. The van der Waals surface area contributed by atoms with Gasteiger partial charge in [-0.2, -0.15) is 0 Å². The molecule has 1 aromatic carbocycles. The van der Waals surface area contributed by atoms with Gasteiger partial charge in [-0.1, -0.05) is 0 Å². The average Bonchev–Trinajstić information content (AvgIpc) is 2.17. The van der Waals surface area contributed by atoms with Gasteiger partial charge in [0.15, 0.2) is 11.5 Å². The third-order valence-electron chi connectivity index (χ3n) is 1.70. The van der Waals surface area contributed by atoms with E-state index in [9.17, 15) is 0 Å². The Morgan fingerprint density at radius 2 is 1.77 bits per heavy atom. The van der Waals surface area contributed by atoms with Crippen molar-refractivity contribution in [1.82, 2.24) is 0 Å². The maximum atomic E-state index is 5.76. The molecule has 2 nitrogen and oxygen atoms in total. The lowest BCUT2D eigenvalue weighted by molar-refractivity contribution is 0.354. The molecule has 0 atom stereocenters. The van der Waals surface area contributed by atoms with Crippen LogP contribution in [0.25, 0.3) is 0 Å². The minimum absolute atomic E-state index is 0.485. The Morgan fingerprint density at radius 3 is 2.23 bits per heavy atom. The Balaban J connectivity index is 3.18. The Kier molecular flexibility index (Phi) is 4.12. The summed E-state index contributed by atoms with van der Waals surface area (Å²) in [6.45, 7) is 0. The van der Waals surface area contributed by atoms with Crippen LogP contribution < -0.4 is 9.47 Å². The highest BCUT2D eigenvalue weighted by Crippen LogP contribution is 2.31. The van der Waals surface area contributed by atoms with Gasteiger partial charge < -0.3 is 9.47 Å². The van der Waals surface area contributed by atoms with Crippen molar-refractivity contribution in [1.29, 1.82) is 0 Å². The molecule has 72 valence electrons. The lowest BCUT2D eigenvalue weighted by atomic mass is 10.2. The average molecular weight is 313 g/mol. The summed E-state index contributed by atoms with van der Waals surface area (Å²) in [6, 6.07) is 3.81. The minimum Gasteiger partial charge on any atom is -0.493 e. The number of methoxy groups -OCH3 is 2. The number of ether oxygens (including phenoxy) is 2. The second-order valence-electron chi connectivity index (χ2n) is 2.43. The van der Waals surface area contributed by atoms with Gasteiger partial charge >= 0.3 is 0 Å². The van der Waals surface area contributed by atoms with Crippen molar-refractivity contribution in [3.63, 3.8) is 0 Å². The van der Waals surface area contributed by atoms with Crippen LogP contribution in [0.15, 0.2) is 12.1 Å². The molecule has 0 heterocycles. The molecule has 0 aliphatic heterocycles. The molecule has 0 aliphatic carbocycles. The molecule has 13 heavy (non-hydrogen) atoms. The second-order valence-corrected chi connectivity index (χ2v) is 3.86. The fourth-order valence-corrected chi connectivity index (χ4v) is 2.07. The molecule has 0 aromatic heterocycles. The third-order valence-corrected chi connectivity index (χ3v) is 2.99. The van der Waals surface area contributed by atoms with Crippen molar-refractivity contribution >= 4 is 34.2 Å². The molecule has 0 saturated heterocycles. The topological polar surface area (TPSA) is 18.5 Å². The van der Waals surface area contributed by atoms with Crippen LogP contribution in [0.5, 0.6) is 11.5 Å². The molecule has 0 bridgehead atoms. The molecular formula is C9H10ClIO2. The second kappa shape index (κ2) is 4.91. The van der Waals surface area contributed by atoms with Crippen molar-refractivity contribution < 1.29 is 9.47 Å². The van der Waals surface area contributed by atoms with Gasteiger partial charge in [0.25, 0.3) is 0 Å². The number of benzene rings is 1. The zero-order valence-electron chi connectivity index (χ0n) is 7.43. The van der Waals surface area contributed by atoms with E-state index < -0.39 is 0 Å². The fraction of sp³-hybridized carbons (Fsp3) is 0.333. The summed E-state index contributed by atoms with van der Waals surface area (Å²) in [5.74, 6) is 1.94. The third kappa shape index (κ3) is 2.40. The predicted molar refractivity (Wildman–Crippen MR) is 61.8 cm³/mol. The molecule has 0 spiro atoms. The highest BCUT2D eigenvalue weighted by molar-refractivity contribution is 14.1. The van der Waals surface area contributed by atoms with Crippen molar-refractivity contribution in [3.8, 4) is 11.5 Å². The summed E-state index contributed by atoms with van der Waals surface area (Å²) in [6.07, 6.45) is 0. The van der Waals surface area contributed by atoms with E-state index in [0.29, 0.717) is 5.88 Å². The van der Waals surface area contributed by atoms with Gasteiger partial charge in [-0.15, -0.1) is 11.6 Å². The van der Waals surface area contributed by atoms with Crippen LogP contribution in [0.4, 0.5) is 0 Å². The molecule has 1 aromatic rings. The highest BCUT2D eigenvalue weighted by atomic mass is 127. The van der Waals surface area contributed by atoms with E-state index in [1.165, 1.54) is 0 Å². The SMILES string of the molecule is COc1cc(I)c(CCl)cc1OC. The van der Waals surface area contributed by atoms with Gasteiger partial charge in [0.1, 0.15) is 0 Å². The maximum Gasteiger partial charge on any atom is 0.161 e. The van der Waals surface area contributed by atoms with E-state index >= 15 is 0 Å². The van der Waals surface area contributed by atoms with Crippen molar-refractivity contribution in [2.45, 2.75) is 5.88 Å². The normalized spacial score (nSPS) is 9.85. The summed E-state index contributed by atoms with van der Waals surface area (Å²) in [5.41, 5.74) is 1.06. The smallest absolute Gasteiger partial charge is 0.161 e. The van der Waals surface area contributed by atoms with Crippen LogP contribution in [-0.4, -0.2) is 14.2 Å². The van der Waals surface area contributed by atoms with Crippen LogP contribution >= 0.6 is 34.2 Å². The number of hydrogen-bond donors (Lipinski definition) is 0. The summed E-state index contributed by atoms with van der Waals surface area (Å²) in [5, 5.41) is 0. The van der Waals surface area contributed by atoms with Crippen LogP contribution in [0.3, 0.4) is 0 Å². The lowest BCUT2D eigenvalue weighted by Crippen LogP contribution is -1.94. The van der Waals surface area contributed by atoms with Gasteiger partial charge in [-0.25, -0.2) is 0 Å². The number of alkyl halides is 1. The molecule has 1 rings (SSSR count). The molecule has 0 unspecified atom stereocenters. The van der Waals surface area contributed by atoms with Crippen molar-refractivity contribution in [2.75, 3.05) is 14.2 Å². The number of halogens is 2. The monoisotopic (exact) mass is 312 g/mol.